The summed E-state index contributed by atoms with van der Waals surface area (Å²) in [6, 6.07) is 15.1. The van der Waals surface area contributed by atoms with Crippen molar-refractivity contribution in [3.05, 3.63) is 64.7 Å². The highest BCUT2D eigenvalue weighted by Crippen LogP contribution is 2.22. The average Bonchev–Trinajstić information content (AvgIpc) is 2.53. The quantitative estimate of drug-likeness (QED) is 0.910. The van der Waals surface area contributed by atoms with Crippen molar-refractivity contribution in [2.45, 2.75) is 12.8 Å². The van der Waals surface area contributed by atoms with Crippen molar-refractivity contribution in [1.29, 1.82) is 0 Å². The molecule has 0 aromatic heterocycles. The maximum absolute atomic E-state index is 12.3. The Kier molecular flexibility index (Phi) is 5.23. The molecule has 0 saturated heterocycles. The third kappa shape index (κ3) is 3.99. The molecule has 0 spiro atoms. The molecule has 0 radical (unpaired) electrons. The number of carbonyl (C=O) groups excluding carboxylic acids is 1. The van der Waals surface area contributed by atoms with Crippen LogP contribution in [0.4, 0.5) is 0 Å². The Hall–Kier alpha value is -2.00. The van der Waals surface area contributed by atoms with Crippen molar-refractivity contribution < 1.29 is 9.53 Å². The minimum absolute atomic E-state index is 0.183. The summed E-state index contributed by atoms with van der Waals surface area (Å²) in [5.41, 5.74) is 1.64. The molecule has 0 aliphatic heterocycles. The van der Waals surface area contributed by atoms with E-state index in [1.54, 1.807) is 18.2 Å². The second kappa shape index (κ2) is 7.14. The van der Waals surface area contributed by atoms with Gasteiger partial charge >= 0.3 is 0 Å². The van der Waals surface area contributed by atoms with Crippen LogP contribution in [0.15, 0.2) is 48.5 Å². The van der Waals surface area contributed by atoms with E-state index in [9.17, 15) is 4.79 Å². The summed E-state index contributed by atoms with van der Waals surface area (Å²) in [6.45, 7) is 2.63. The zero-order valence-corrected chi connectivity index (χ0v) is 12.9. The molecule has 2 aromatic rings. The molecule has 0 aliphatic carbocycles. The number of hydrogen-bond donors (Lipinski definition) is 1. The van der Waals surface area contributed by atoms with Crippen molar-refractivity contribution >= 4 is 17.5 Å². The molecule has 21 heavy (non-hydrogen) atoms. The first-order chi connectivity index (χ1) is 10.1. The van der Waals surface area contributed by atoms with Crippen LogP contribution in [-0.4, -0.2) is 19.6 Å². The zero-order valence-electron chi connectivity index (χ0n) is 12.1. The lowest BCUT2D eigenvalue weighted by molar-refractivity contribution is 0.0948. The summed E-state index contributed by atoms with van der Waals surface area (Å²) in [4.78, 5) is 12.3. The maximum Gasteiger partial charge on any atom is 0.255 e. The fourth-order valence-electron chi connectivity index (χ4n) is 2.10. The first kappa shape index (κ1) is 15.4. The smallest absolute Gasteiger partial charge is 0.255 e. The summed E-state index contributed by atoms with van der Waals surface area (Å²) in [5, 5.41) is 3.43. The molecule has 1 N–H and O–H groups in total. The van der Waals surface area contributed by atoms with Gasteiger partial charge in [0.15, 0.2) is 0 Å². The lowest BCUT2D eigenvalue weighted by Crippen LogP contribution is -2.27. The highest BCUT2D eigenvalue weighted by molar-refractivity contribution is 6.31. The normalized spacial score (nSPS) is 11.8. The summed E-state index contributed by atoms with van der Waals surface area (Å²) >= 11 is 5.94. The molecule has 0 heterocycles. The van der Waals surface area contributed by atoms with Gasteiger partial charge in [-0.05, 0) is 29.7 Å². The topological polar surface area (TPSA) is 38.3 Å². The predicted octanol–water partition coefficient (Wildman–Crippen LogP) is 3.88. The Morgan fingerprint density at radius 1 is 1.24 bits per heavy atom. The standard InChI is InChI=1S/C17H18ClNO2/c1-12(13-6-4-3-5-7-13)11-19-17(20)15-10-14(18)8-9-16(15)21-2/h3-10,12H,11H2,1-2H3,(H,19,20)/t12-/m0/s1. The van der Waals surface area contributed by atoms with Crippen LogP contribution in [0.2, 0.25) is 5.02 Å². The monoisotopic (exact) mass is 303 g/mol. The molecule has 4 heteroatoms. The van der Waals surface area contributed by atoms with Crippen molar-refractivity contribution in [3.8, 4) is 5.75 Å². The summed E-state index contributed by atoms with van der Waals surface area (Å²) in [6.07, 6.45) is 0. The van der Waals surface area contributed by atoms with Crippen molar-refractivity contribution in [1.82, 2.24) is 5.32 Å². The van der Waals surface area contributed by atoms with E-state index in [0.717, 1.165) is 0 Å². The summed E-state index contributed by atoms with van der Waals surface area (Å²) in [7, 11) is 1.53. The van der Waals surface area contributed by atoms with E-state index in [1.165, 1.54) is 12.7 Å². The Morgan fingerprint density at radius 3 is 2.62 bits per heavy atom. The largest absolute Gasteiger partial charge is 0.496 e. The van der Waals surface area contributed by atoms with E-state index < -0.39 is 0 Å². The minimum atomic E-state index is -0.183. The number of ether oxygens (including phenoxy) is 1. The van der Waals surface area contributed by atoms with Crippen molar-refractivity contribution in [2.24, 2.45) is 0 Å². The molecule has 1 atom stereocenters. The highest BCUT2D eigenvalue weighted by Gasteiger charge is 2.14. The number of nitrogens with one attached hydrogen (secondary N) is 1. The average molecular weight is 304 g/mol. The maximum atomic E-state index is 12.3. The summed E-state index contributed by atoms with van der Waals surface area (Å²) in [5.74, 6) is 0.571. The van der Waals surface area contributed by atoms with E-state index in [0.29, 0.717) is 22.9 Å². The van der Waals surface area contributed by atoms with E-state index in [1.807, 2.05) is 18.2 Å². The lowest BCUT2D eigenvalue weighted by Gasteiger charge is -2.14. The first-order valence-corrected chi connectivity index (χ1v) is 7.16. The number of methoxy groups -OCH3 is 1. The molecule has 0 bridgehead atoms. The van der Waals surface area contributed by atoms with Gasteiger partial charge in [0.2, 0.25) is 0 Å². The van der Waals surface area contributed by atoms with Gasteiger partial charge in [-0.25, -0.2) is 0 Å². The molecule has 0 fully saturated rings. The molecule has 0 aliphatic rings. The van der Waals surface area contributed by atoms with Gasteiger partial charge in [0.1, 0.15) is 5.75 Å². The van der Waals surface area contributed by atoms with Gasteiger partial charge in [-0.2, -0.15) is 0 Å². The highest BCUT2D eigenvalue weighted by atomic mass is 35.5. The van der Waals surface area contributed by atoms with Gasteiger partial charge in [-0.3, -0.25) is 4.79 Å². The van der Waals surface area contributed by atoms with E-state index in [-0.39, 0.29) is 11.8 Å². The number of carbonyl (C=O) groups is 1. The fourth-order valence-corrected chi connectivity index (χ4v) is 2.27. The molecular weight excluding hydrogens is 286 g/mol. The summed E-state index contributed by atoms with van der Waals surface area (Å²) < 4.78 is 5.19. The molecule has 0 saturated carbocycles. The van der Waals surface area contributed by atoms with Crippen LogP contribution >= 0.6 is 11.6 Å². The van der Waals surface area contributed by atoms with Gasteiger partial charge in [-0.1, -0.05) is 48.9 Å². The molecule has 110 valence electrons. The Labute approximate surface area is 129 Å². The van der Waals surface area contributed by atoms with Gasteiger partial charge in [0, 0.05) is 11.6 Å². The number of amides is 1. The second-order valence-electron chi connectivity index (χ2n) is 4.87. The van der Waals surface area contributed by atoms with Gasteiger partial charge < -0.3 is 10.1 Å². The van der Waals surface area contributed by atoms with Crippen molar-refractivity contribution in [3.63, 3.8) is 0 Å². The van der Waals surface area contributed by atoms with Gasteiger partial charge in [-0.15, -0.1) is 0 Å². The third-order valence-electron chi connectivity index (χ3n) is 3.34. The van der Waals surface area contributed by atoms with Crippen LogP contribution in [0.3, 0.4) is 0 Å². The van der Waals surface area contributed by atoms with Crippen LogP contribution in [0.5, 0.6) is 5.75 Å². The van der Waals surface area contributed by atoms with Gasteiger partial charge in [0.05, 0.1) is 12.7 Å². The number of halogens is 1. The van der Waals surface area contributed by atoms with E-state index >= 15 is 0 Å². The lowest BCUT2D eigenvalue weighted by atomic mass is 10.0. The van der Waals surface area contributed by atoms with E-state index in [2.05, 4.69) is 24.4 Å². The number of rotatable bonds is 5. The second-order valence-corrected chi connectivity index (χ2v) is 5.30. The van der Waals surface area contributed by atoms with Crippen LogP contribution < -0.4 is 10.1 Å². The zero-order chi connectivity index (χ0) is 15.2. The van der Waals surface area contributed by atoms with Crippen LogP contribution in [0.1, 0.15) is 28.8 Å². The Morgan fingerprint density at radius 2 is 1.95 bits per heavy atom. The van der Waals surface area contributed by atoms with Crippen molar-refractivity contribution in [2.75, 3.05) is 13.7 Å². The SMILES string of the molecule is COc1ccc(Cl)cc1C(=O)NC[C@H](C)c1ccccc1. The van der Waals surface area contributed by atoms with E-state index in [4.69, 9.17) is 16.3 Å². The Bertz CT molecular complexity index is 613. The van der Waals surface area contributed by atoms with Crippen LogP contribution in [-0.2, 0) is 0 Å². The van der Waals surface area contributed by atoms with Gasteiger partial charge in [0.25, 0.3) is 5.91 Å². The molecule has 1 amide bonds. The molecule has 2 rings (SSSR count). The molecule has 0 unspecified atom stereocenters. The first-order valence-electron chi connectivity index (χ1n) is 6.78. The predicted molar refractivity (Wildman–Crippen MR) is 85.2 cm³/mol. The molecule has 3 nitrogen and oxygen atoms in total. The number of benzene rings is 2. The van der Waals surface area contributed by atoms with Crippen LogP contribution in [0.25, 0.3) is 0 Å². The Balaban J connectivity index is 2.04. The third-order valence-corrected chi connectivity index (χ3v) is 3.58. The molecular formula is C17H18ClNO2. The fraction of sp³-hybridized carbons (Fsp3) is 0.235. The number of hydrogen-bond acceptors (Lipinski definition) is 2. The minimum Gasteiger partial charge on any atom is -0.496 e. The van der Waals surface area contributed by atoms with Crippen LogP contribution in [0, 0.1) is 0 Å². The molecule has 2 aromatic carbocycles.